The Balaban J connectivity index is 0.000000243. The maximum atomic E-state index is 12.3. The topological polar surface area (TPSA) is 58.6 Å². The first-order valence-corrected chi connectivity index (χ1v) is 13.3. The predicted molar refractivity (Wildman–Crippen MR) is 139 cm³/mol. The molecule has 5 nitrogen and oxygen atoms in total. The molecule has 0 unspecified atom stereocenters. The van der Waals surface area contributed by atoms with E-state index in [0.29, 0.717) is 6.04 Å². The molecule has 4 rings (SSSR count). The van der Waals surface area contributed by atoms with Crippen LogP contribution < -0.4 is 5.32 Å². The van der Waals surface area contributed by atoms with Gasteiger partial charge in [0.2, 0.25) is 0 Å². The molecule has 2 atom stereocenters. The molecule has 0 aliphatic carbocycles. The number of hydroxylamine groups is 2. The molecule has 0 radical (unpaired) electrons. The summed E-state index contributed by atoms with van der Waals surface area (Å²) >= 11 is 0. The zero-order chi connectivity index (χ0) is 24.6. The molecule has 3 aromatic rings. The number of aryl methyl sites for hydroxylation is 3. The fraction of sp³-hybridized carbons (Fsp3) is 0.357. The summed E-state index contributed by atoms with van der Waals surface area (Å²) < 4.78 is 29.8. The summed E-state index contributed by atoms with van der Waals surface area (Å²) in [5.74, 6) is 0. The van der Waals surface area contributed by atoms with E-state index in [1.807, 2.05) is 32.0 Å². The fourth-order valence-corrected chi connectivity index (χ4v) is 4.78. The molecule has 182 valence electrons. The van der Waals surface area contributed by atoms with Crippen molar-refractivity contribution in [2.24, 2.45) is 0 Å². The normalized spacial score (nSPS) is 16.1. The highest BCUT2D eigenvalue weighted by Gasteiger charge is 2.21. The molecule has 0 spiro atoms. The summed E-state index contributed by atoms with van der Waals surface area (Å²) in [7, 11) is -2.12. The summed E-state index contributed by atoms with van der Waals surface area (Å²) in [4.78, 5) is 0.171. The Labute approximate surface area is 204 Å². The Kier molecular flexibility index (Phi) is 9.28. The van der Waals surface area contributed by atoms with Crippen LogP contribution in [0.25, 0.3) is 0 Å². The first-order valence-electron chi connectivity index (χ1n) is 11.9. The van der Waals surface area contributed by atoms with Gasteiger partial charge in [0.05, 0.1) is 4.90 Å². The molecule has 0 aromatic heterocycles. The van der Waals surface area contributed by atoms with E-state index >= 15 is 0 Å². The summed E-state index contributed by atoms with van der Waals surface area (Å²) in [6, 6.07) is 25.9. The minimum absolute atomic E-state index is 0.0181. The zero-order valence-corrected chi connectivity index (χ0v) is 21.4. The summed E-state index contributed by atoms with van der Waals surface area (Å²) in [6.45, 7) is 6.10. The lowest BCUT2D eigenvalue weighted by atomic mass is 9.99. The van der Waals surface area contributed by atoms with Crippen molar-refractivity contribution in [2.75, 3.05) is 12.4 Å². The zero-order valence-electron chi connectivity index (χ0n) is 20.6. The molecule has 0 saturated carbocycles. The van der Waals surface area contributed by atoms with E-state index in [9.17, 15) is 8.42 Å². The molecular formula is C28H36N2O3S. The van der Waals surface area contributed by atoms with Gasteiger partial charge in [-0.1, -0.05) is 66.2 Å². The molecule has 1 N–H and O–H groups in total. The molecule has 34 heavy (non-hydrogen) atoms. The van der Waals surface area contributed by atoms with Gasteiger partial charge in [0.1, 0.15) is 0 Å². The molecule has 0 saturated heterocycles. The van der Waals surface area contributed by atoms with Gasteiger partial charge in [-0.25, -0.2) is 0 Å². The average molecular weight is 481 g/mol. The second-order valence-corrected chi connectivity index (χ2v) is 10.5. The number of nitrogens with one attached hydrogen (secondary N) is 1. The molecule has 3 aromatic carbocycles. The van der Waals surface area contributed by atoms with Crippen molar-refractivity contribution in [3.8, 4) is 0 Å². The van der Waals surface area contributed by atoms with Gasteiger partial charge in [0.15, 0.2) is 0 Å². The lowest BCUT2D eigenvalue weighted by Gasteiger charge is -2.23. The van der Waals surface area contributed by atoms with Crippen molar-refractivity contribution in [1.29, 1.82) is 0 Å². The molecule has 0 bridgehead atoms. The van der Waals surface area contributed by atoms with Crippen molar-refractivity contribution in [3.05, 3.63) is 95.6 Å². The maximum Gasteiger partial charge on any atom is 0.313 e. The standard InChI is InChI=1S/C18H23NO3S.C10H13N/c1-15-9-13-18(14-10-15)23(20,21)22-19(3)16(2)11-12-17-7-5-4-6-8-17;1-8-6-7-9-4-2-3-5-10(9)11-8/h4-10,13-14,16H,11-12H2,1-3H3;2-5,8,11H,6-7H2,1H3/t16-;8-/m00/s1. The average Bonchev–Trinajstić information content (AvgIpc) is 2.83. The minimum atomic E-state index is -3.78. The van der Waals surface area contributed by atoms with E-state index in [2.05, 4.69) is 48.6 Å². The number of benzene rings is 3. The Morgan fingerprint density at radius 1 is 1.00 bits per heavy atom. The Morgan fingerprint density at radius 3 is 2.35 bits per heavy atom. The van der Waals surface area contributed by atoms with Crippen LogP contribution in [0.5, 0.6) is 0 Å². The Bertz CT molecular complexity index is 1130. The quantitative estimate of drug-likeness (QED) is 0.420. The van der Waals surface area contributed by atoms with Crippen LogP contribution in [-0.4, -0.2) is 32.6 Å². The third kappa shape index (κ3) is 7.69. The number of fused-ring (bicyclic) bond motifs is 1. The van der Waals surface area contributed by atoms with E-state index < -0.39 is 10.1 Å². The highest BCUT2D eigenvalue weighted by molar-refractivity contribution is 7.86. The van der Waals surface area contributed by atoms with E-state index in [0.717, 1.165) is 18.4 Å². The molecule has 6 heteroatoms. The Hall–Kier alpha value is -2.67. The molecule has 1 aliphatic heterocycles. The predicted octanol–water partition coefficient (Wildman–Crippen LogP) is 6.00. The van der Waals surface area contributed by atoms with Gasteiger partial charge < -0.3 is 5.32 Å². The smallest absolute Gasteiger partial charge is 0.313 e. The molecule has 1 aliphatic rings. The van der Waals surface area contributed by atoms with E-state index in [1.54, 1.807) is 31.3 Å². The van der Waals surface area contributed by atoms with Crippen molar-refractivity contribution in [3.63, 3.8) is 0 Å². The largest absolute Gasteiger partial charge is 0.382 e. The lowest BCUT2D eigenvalue weighted by molar-refractivity contribution is -0.0603. The lowest BCUT2D eigenvalue weighted by Crippen LogP contribution is -2.32. The van der Waals surface area contributed by atoms with Crippen LogP contribution in [0, 0.1) is 6.92 Å². The SMILES string of the molecule is C[C@H]1CCc2ccccc2N1.Cc1ccc(S(=O)(=O)ON(C)[C@@H](C)CCc2ccccc2)cc1. The molecule has 0 amide bonds. The van der Waals surface area contributed by atoms with Crippen LogP contribution in [0.3, 0.4) is 0 Å². The van der Waals surface area contributed by atoms with Crippen LogP contribution in [0.15, 0.2) is 83.8 Å². The highest BCUT2D eigenvalue weighted by atomic mass is 32.2. The van der Waals surface area contributed by atoms with Gasteiger partial charge in [-0.05, 0) is 75.8 Å². The number of para-hydroxylation sites is 1. The van der Waals surface area contributed by atoms with E-state index in [-0.39, 0.29) is 10.9 Å². The van der Waals surface area contributed by atoms with Crippen molar-refractivity contribution < 1.29 is 12.7 Å². The fourth-order valence-electron chi connectivity index (χ4n) is 3.77. The van der Waals surface area contributed by atoms with E-state index in [4.69, 9.17) is 4.28 Å². The second-order valence-electron chi connectivity index (χ2n) is 9.00. The number of rotatable bonds is 7. The number of hydrogen-bond acceptors (Lipinski definition) is 5. The van der Waals surface area contributed by atoms with Crippen molar-refractivity contribution in [2.45, 2.75) is 63.4 Å². The second kappa shape index (κ2) is 12.2. The van der Waals surface area contributed by atoms with Gasteiger partial charge in [-0.15, -0.1) is 0 Å². The highest BCUT2D eigenvalue weighted by Crippen LogP contribution is 2.23. The van der Waals surface area contributed by atoms with Crippen LogP contribution in [-0.2, 0) is 27.2 Å². The van der Waals surface area contributed by atoms with E-state index in [1.165, 1.54) is 34.7 Å². The van der Waals surface area contributed by atoms with Crippen LogP contribution >= 0.6 is 0 Å². The van der Waals surface area contributed by atoms with Gasteiger partial charge in [-0.3, -0.25) is 0 Å². The first kappa shape index (κ1) is 25.9. The number of hydrogen-bond donors (Lipinski definition) is 1. The van der Waals surface area contributed by atoms with Crippen LogP contribution in [0.4, 0.5) is 5.69 Å². The maximum absolute atomic E-state index is 12.3. The van der Waals surface area contributed by atoms with Gasteiger partial charge >= 0.3 is 10.1 Å². The third-order valence-corrected chi connectivity index (χ3v) is 7.39. The summed E-state index contributed by atoms with van der Waals surface area (Å²) in [5, 5.41) is 4.87. The van der Waals surface area contributed by atoms with Crippen LogP contribution in [0.2, 0.25) is 0 Å². The summed E-state index contributed by atoms with van der Waals surface area (Å²) in [6.07, 6.45) is 4.17. The van der Waals surface area contributed by atoms with Gasteiger partial charge in [0.25, 0.3) is 0 Å². The number of nitrogens with zero attached hydrogens (tertiary/aromatic N) is 1. The first-order chi connectivity index (χ1) is 16.2. The minimum Gasteiger partial charge on any atom is -0.382 e. The monoisotopic (exact) mass is 480 g/mol. The number of anilines is 1. The Morgan fingerprint density at radius 2 is 1.65 bits per heavy atom. The van der Waals surface area contributed by atoms with Crippen molar-refractivity contribution >= 4 is 15.8 Å². The van der Waals surface area contributed by atoms with Crippen molar-refractivity contribution in [1.82, 2.24) is 5.06 Å². The third-order valence-electron chi connectivity index (χ3n) is 6.11. The molecule has 0 fully saturated rings. The molecular weight excluding hydrogens is 444 g/mol. The van der Waals surface area contributed by atoms with Crippen LogP contribution in [0.1, 0.15) is 43.4 Å². The molecule has 1 heterocycles. The van der Waals surface area contributed by atoms with Gasteiger partial charge in [0, 0.05) is 24.8 Å². The van der Waals surface area contributed by atoms with Gasteiger partial charge in [-0.2, -0.15) is 17.8 Å². The summed E-state index contributed by atoms with van der Waals surface area (Å²) in [5.41, 5.74) is 5.03.